The van der Waals surface area contributed by atoms with Gasteiger partial charge < -0.3 is 4.42 Å². The summed E-state index contributed by atoms with van der Waals surface area (Å²) in [5, 5.41) is 8.43. The number of aromatic nitrogens is 4. The molecule has 2 heterocycles. The summed E-state index contributed by atoms with van der Waals surface area (Å²) in [4.78, 5) is 9.44. The summed E-state index contributed by atoms with van der Waals surface area (Å²) in [6.07, 6.45) is 0. The van der Waals surface area contributed by atoms with Crippen LogP contribution in [0.25, 0.3) is 22.5 Å². The van der Waals surface area contributed by atoms with Crippen LogP contribution in [-0.2, 0) is 5.75 Å². The zero-order valence-corrected chi connectivity index (χ0v) is 15.0. The first-order valence-corrected chi connectivity index (χ1v) is 9.04. The molecule has 0 fully saturated rings. The largest absolute Gasteiger partial charge is 0.420 e. The number of fused-ring (bicyclic) bond motifs is 1. The van der Waals surface area contributed by atoms with E-state index >= 15 is 0 Å². The molecule has 0 aliphatic carbocycles. The second kappa shape index (κ2) is 6.84. The number of benzene rings is 2. The molecule has 4 aromatic rings. The zero-order valence-electron chi connectivity index (χ0n) is 14.2. The molecule has 26 heavy (non-hydrogen) atoms. The topological polar surface area (TPSA) is 64.7 Å². The summed E-state index contributed by atoms with van der Waals surface area (Å²) in [7, 11) is 0. The highest BCUT2D eigenvalue weighted by atomic mass is 32.2. The first-order valence-electron chi connectivity index (χ1n) is 8.05. The Bertz CT molecular complexity index is 1080. The minimum Gasteiger partial charge on any atom is -0.420 e. The number of hydrogen-bond acceptors (Lipinski definition) is 6. The quantitative estimate of drug-likeness (QED) is 0.487. The summed E-state index contributed by atoms with van der Waals surface area (Å²) < 4.78 is 20.2. The second-order valence-corrected chi connectivity index (χ2v) is 6.87. The highest BCUT2D eigenvalue weighted by Gasteiger charge is 2.17. The van der Waals surface area contributed by atoms with Crippen molar-refractivity contribution in [3.63, 3.8) is 0 Å². The maximum absolute atomic E-state index is 14.7. The van der Waals surface area contributed by atoms with Crippen molar-refractivity contribution < 1.29 is 8.81 Å². The first kappa shape index (κ1) is 16.7. The molecule has 2 aromatic carbocycles. The van der Waals surface area contributed by atoms with E-state index in [1.54, 1.807) is 25.6 Å². The van der Waals surface area contributed by atoms with Crippen molar-refractivity contribution in [3.05, 3.63) is 65.6 Å². The van der Waals surface area contributed by atoms with Gasteiger partial charge in [-0.2, -0.15) is 0 Å². The molecule has 0 spiro atoms. The van der Waals surface area contributed by atoms with Crippen molar-refractivity contribution in [2.45, 2.75) is 24.5 Å². The Hall–Kier alpha value is -2.80. The van der Waals surface area contributed by atoms with Gasteiger partial charge >= 0.3 is 0 Å². The Labute approximate surface area is 153 Å². The number of thioether (sulfide) groups is 1. The fraction of sp³-hybridized carbons (Fsp3) is 0.158. The van der Waals surface area contributed by atoms with Crippen LogP contribution in [0.15, 0.2) is 51.8 Å². The molecule has 4 rings (SSSR count). The summed E-state index contributed by atoms with van der Waals surface area (Å²) in [6, 6.07) is 13.4. The molecule has 0 unspecified atom stereocenters. The van der Waals surface area contributed by atoms with Crippen molar-refractivity contribution in [1.82, 2.24) is 20.2 Å². The van der Waals surface area contributed by atoms with Crippen LogP contribution in [0.2, 0.25) is 0 Å². The average Bonchev–Trinajstić information content (AvgIpc) is 3.07. The molecule has 5 nitrogen and oxygen atoms in total. The minimum atomic E-state index is -0.388. The van der Waals surface area contributed by atoms with Gasteiger partial charge in [0.15, 0.2) is 5.82 Å². The molecule has 130 valence electrons. The van der Waals surface area contributed by atoms with Crippen LogP contribution >= 0.6 is 11.8 Å². The predicted molar refractivity (Wildman–Crippen MR) is 98.3 cm³/mol. The van der Waals surface area contributed by atoms with Crippen LogP contribution in [0.5, 0.6) is 0 Å². The van der Waals surface area contributed by atoms with Gasteiger partial charge in [-0.25, -0.2) is 14.4 Å². The molecule has 2 aromatic heterocycles. The average molecular weight is 366 g/mol. The number of aryl methyl sites for hydroxylation is 2. The van der Waals surface area contributed by atoms with Gasteiger partial charge in [-0.05, 0) is 24.6 Å². The Kier molecular flexibility index (Phi) is 4.38. The van der Waals surface area contributed by atoms with E-state index in [-0.39, 0.29) is 17.2 Å². The van der Waals surface area contributed by atoms with Crippen molar-refractivity contribution >= 4 is 22.7 Å². The third-order valence-corrected chi connectivity index (χ3v) is 4.86. The molecule has 0 amide bonds. The van der Waals surface area contributed by atoms with Crippen LogP contribution in [0.4, 0.5) is 4.39 Å². The van der Waals surface area contributed by atoms with Gasteiger partial charge in [0.25, 0.3) is 5.89 Å². The predicted octanol–water partition coefficient (Wildman–Crippen LogP) is 4.73. The molecule has 0 bridgehead atoms. The molecule has 0 aliphatic heterocycles. The van der Waals surface area contributed by atoms with Gasteiger partial charge in [-0.15, -0.1) is 22.0 Å². The van der Waals surface area contributed by atoms with E-state index < -0.39 is 0 Å². The Morgan fingerprint density at radius 3 is 2.58 bits per heavy atom. The third kappa shape index (κ3) is 3.30. The van der Waals surface area contributed by atoms with Crippen LogP contribution in [0, 0.1) is 19.7 Å². The summed E-state index contributed by atoms with van der Waals surface area (Å²) in [5.74, 6) is 1.50. The van der Waals surface area contributed by atoms with E-state index in [0.717, 1.165) is 10.6 Å². The van der Waals surface area contributed by atoms with Gasteiger partial charge in [-0.1, -0.05) is 30.3 Å². The highest BCUT2D eigenvalue weighted by Crippen LogP contribution is 2.32. The second-order valence-electron chi connectivity index (χ2n) is 5.82. The smallest absolute Gasteiger partial charge is 0.267 e. The lowest BCUT2D eigenvalue weighted by Crippen LogP contribution is -1.97. The maximum Gasteiger partial charge on any atom is 0.267 e. The molecular weight excluding hydrogens is 351 g/mol. The molecule has 0 atom stereocenters. The molecule has 0 saturated carbocycles. The van der Waals surface area contributed by atoms with Gasteiger partial charge in [0.05, 0.1) is 0 Å². The zero-order chi connectivity index (χ0) is 18.1. The SMILES string of the molecule is Cc1nc(-c2nnc(C)o2)c2cc(SCc3ccccc3)cc(F)c2n1. The summed E-state index contributed by atoms with van der Waals surface area (Å²) in [5.41, 5.74) is 1.88. The molecule has 7 heteroatoms. The van der Waals surface area contributed by atoms with E-state index in [1.807, 2.05) is 36.4 Å². The lowest BCUT2D eigenvalue weighted by Gasteiger charge is -2.08. The van der Waals surface area contributed by atoms with Crippen LogP contribution in [-0.4, -0.2) is 20.2 Å². The number of halogens is 1. The Morgan fingerprint density at radius 1 is 1.04 bits per heavy atom. The van der Waals surface area contributed by atoms with Gasteiger partial charge in [0.2, 0.25) is 5.89 Å². The van der Waals surface area contributed by atoms with E-state index in [0.29, 0.717) is 22.8 Å². The standard InChI is InChI=1S/C19H15FN4OS/c1-11-21-17-15(18(22-11)19-24-23-12(2)25-19)8-14(9-16(17)20)26-10-13-6-4-3-5-7-13/h3-9H,10H2,1-2H3. The first-order chi connectivity index (χ1) is 12.6. The Balaban J connectivity index is 1.78. The number of rotatable bonds is 4. The monoisotopic (exact) mass is 366 g/mol. The van der Waals surface area contributed by atoms with Crippen LogP contribution < -0.4 is 0 Å². The van der Waals surface area contributed by atoms with E-state index in [1.165, 1.54) is 11.6 Å². The van der Waals surface area contributed by atoms with Crippen molar-refractivity contribution in [1.29, 1.82) is 0 Å². The molecule has 0 radical (unpaired) electrons. The van der Waals surface area contributed by atoms with E-state index in [9.17, 15) is 4.39 Å². The molecule has 0 aliphatic rings. The van der Waals surface area contributed by atoms with Gasteiger partial charge in [-0.3, -0.25) is 0 Å². The normalized spacial score (nSPS) is 11.2. The fourth-order valence-electron chi connectivity index (χ4n) is 2.66. The third-order valence-electron chi connectivity index (χ3n) is 3.82. The lowest BCUT2D eigenvalue weighted by molar-refractivity contribution is 0.531. The van der Waals surface area contributed by atoms with Crippen molar-refractivity contribution in [2.75, 3.05) is 0 Å². The fourth-order valence-corrected chi connectivity index (χ4v) is 3.57. The lowest BCUT2D eigenvalue weighted by atomic mass is 10.1. The van der Waals surface area contributed by atoms with Crippen LogP contribution in [0.3, 0.4) is 0 Å². The molecule has 0 N–H and O–H groups in total. The number of nitrogens with zero attached hydrogens (tertiary/aromatic N) is 4. The maximum atomic E-state index is 14.7. The summed E-state index contributed by atoms with van der Waals surface area (Å²) in [6.45, 7) is 3.41. The van der Waals surface area contributed by atoms with E-state index in [4.69, 9.17) is 4.42 Å². The van der Waals surface area contributed by atoms with Gasteiger partial charge in [0.1, 0.15) is 17.0 Å². The van der Waals surface area contributed by atoms with Crippen LogP contribution in [0.1, 0.15) is 17.3 Å². The Morgan fingerprint density at radius 2 is 1.85 bits per heavy atom. The summed E-state index contributed by atoms with van der Waals surface area (Å²) >= 11 is 1.55. The van der Waals surface area contributed by atoms with Crippen molar-refractivity contribution in [3.8, 4) is 11.6 Å². The highest BCUT2D eigenvalue weighted by molar-refractivity contribution is 7.98. The van der Waals surface area contributed by atoms with Gasteiger partial charge in [0, 0.05) is 23.0 Å². The molecular formula is C19H15FN4OS. The minimum absolute atomic E-state index is 0.257. The van der Waals surface area contributed by atoms with Crippen molar-refractivity contribution in [2.24, 2.45) is 0 Å². The number of hydrogen-bond donors (Lipinski definition) is 0. The van der Waals surface area contributed by atoms with E-state index in [2.05, 4.69) is 20.2 Å². The molecule has 0 saturated heterocycles.